The van der Waals surface area contributed by atoms with Crippen molar-refractivity contribution in [3.63, 3.8) is 0 Å². The molecule has 0 spiro atoms. The highest BCUT2D eigenvalue weighted by atomic mass is 16.5. The number of ether oxygens (including phenoxy) is 1. The van der Waals surface area contributed by atoms with Gasteiger partial charge >= 0.3 is 0 Å². The molecule has 24 heavy (non-hydrogen) atoms. The number of anilines is 1. The van der Waals surface area contributed by atoms with Crippen LogP contribution < -0.4 is 9.64 Å². The van der Waals surface area contributed by atoms with Gasteiger partial charge in [0.2, 0.25) is 17.7 Å². The van der Waals surface area contributed by atoms with Gasteiger partial charge in [-0.1, -0.05) is 0 Å². The van der Waals surface area contributed by atoms with Crippen LogP contribution in [-0.2, 0) is 11.3 Å². The Kier molecular flexibility index (Phi) is 5.25. The number of carbonyl (C=O) groups is 1. The molecule has 0 bridgehead atoms. The second-order valence-electron chi connectivity index (χ2n) is 5.64. The van der Waals surface area contributed by atoms with Crippen LogP contribution in [0.1, 0.15) is 12.8 Å². The smallest absolute Gasteiger partial charge is 0.228 e. The van der Waals surface area contributed by atoms with Crippen molar-refractivity contribution >= 4 is 11.9 Å². The fourth-order valence-corrected chi connectivity index (χ4v) is 2.74. The summed E-state index contributed by atoms with van der Waals surface area (Å²) in [5.74, 6) is 1.41. The highest BCUT2D eigenvalue weighted by molar-refractivity contribution is 5.76. The normalized spacial score (nSPS) is 14.7. The predicted molar refractivity (Wildman–Crippen MR) is 88.8 cm³/mol. The van der Waals surface area contributed by atoms with Gasteiger partial charge in [-0.15, -0.1) is 0 Å². The van der Waals surface area contributed by atoms with Gasteiger partial charge in [0, 0.05) is 63.8 Å². The van der Waals surface area contributed by atoms with Crippen LogP contribution in [0.4, 0.5) is 5.95 Å². The minimum Gasteiger partial charge on any atom is -0.481 e. The summed E-state index contributed by atoms with van der Waals surface area (Å²) in [6, 6.07) is 3.62. The summed E-state index contributed by atoms with van der Waals surface area (Å²) in [4.78, 5) is 24.9. The van der Waals surface area contributed by atoms with Gasteiger partial charge in [0.05, 0.1) is 7.11 Å². The van der Waals surface area contributed by atoms with Gasteiger partial charge < -0.3 is 14.5 Å². The lowest BCUT2D eigenvalue weighted by Gasteiger charge is -2.34. The van der Waals surface area contributed by atoms with Crippen LogP contribution in [0.2, 0.25) is 0 Å². The molecule has 0 aliphatic carbocycles. The molecule has 2 aromatic rings. The van der Waals surface area contributed by atoms with Crippen molar-refractivity contribution in [3.8, 4) is 5.88 Å². The van der Waals surface area contributed by atoms with Crippen molar-refractivity contribution in [2.45, 2.75) is 19.4 Å². The Hall–Kier alpha value is -2.64. The van der Waals surface area contributed by atoms with Crippen LogP contribution in [0.15, 0.2) is 30.7 Å². The number of hydrogen-bond acceptors (Lipinski definition) is 6. The minimum absolute atomic E-state index is 0.202. The van der Waals surface area contributed by atoms with E-state index in [1.807, 2.05) is 21.8 Å². The zero-order valence-electron chi connectivity index (χ0n) is 13.8. The number of methoxy groups -OCH3 is 1. The van der Waals surface area contributed by atoms with E-state index in [0.29, 0.717) is 31.3 Å². The van der Waals surface area contributed by atoms with Gasteiger partial charge in [-0.2, -0.15) is 10.1 Å². The van der Waals surface area contributed by atoms with Crippen molar-refractivity contribution in [1.29, 1.82) is 0 Å². The second kappa shape index (κ2) is 7.76. The van der Waals surface area contributed by atoms with Crippen LogP contribution >= 0.6 is 0 Å². The van der Waals surface area contributed by atoms with Gasteiger partial charge in [-0.05, 0) is 12.5 Å². The minimum atomic E-state index is 0.202. The zero-order valence-corrected chi connectivity index (χ0v) is 13.8. The average Bonchev–Trinajstić information content (AvgIpc) is 3.15. The molecule has 0 radical (unpaired) electrons. The van der Waals surface area contributed by atoms with Gasteiger partial charge in [0.15, 0.2) is 0 Å². The van der Waals surface area contributed by atoms with Crippen molar-refractivity contribution in [2.24, 2.45) is 0 Å². The van der Waals surface area contributed by atoms with Gasteiger partial charge in [-0.25, -0.2) is 4.98 Å². The average molecular weight is 330 g/mol. The molecule has 0 atom stereocenters. The van der Waals surface area contributed by atoms with Crippen LogP contribution in [0.5, 0.6) is 5.88 Å². The summed E-state index contributed by atoms with van der Waals surface area (Å²) >= 11 is 0. The topological polar surface area (TPSA) is 76.4 Å². The molecule has 128 valence electrons. The largest absolute Gasteiger partial charge is 0.481 e. The summed E-state index contributed by atoms with van der Waals surface area (Å²) < 4.78 is 6.98. The molecular formula is C16H22N6O2. The molecule has 1 aliphatic rings. The van der Waals surface area contributed by atoms with E-state index in [-0.39, 0.29) is 5.91 Å². The standard InChI is InChI=1S/C16H22N6O2/c1-24-14-5-7-17-16(19-14)21-12-10-20(11-13-21)15(23)4-2-8-22-9-3-6-18-22/h3,5-7,9H,2,4,8,10-13H2,1H3. The first-order valence-corrected chi connectivity index (χ1v) is 8.13. The second-order valence-corrected chi connectivity index (χ2v) is 5.64. The van der Waals surface area contributed by atoms with Gasteiger partial charge in [0.1, 0.15) is 0 Å². The third-order valence-corrected chi connectivity index (χ3v) is 4.08. The molecule has 3 rings (SSSR count). The van der Waals surface area contributed by atoms with E-state index < -0.39 is 0 Å². The Balaban J connectivity index is 1.44. The van der Waals surface area contributed by atoms with E-state index in [1.54, 1.807) is 25.6 Å². The SMILES string of the molecule is COc1ccnc(N2CCN(C(=O)CCCn3cccn3)CC2)n1. The Labute approximate surface area is 141 Å². The third kappa shape index (κ3) is 4.01. The van der Waals surface area contributed by atoms with Crippen molar-refractivity contribution in [1.82, 2.24) is 24.6 Å². The van der Waals surface area contributed by atoms with Crippen LogP contribution in [0.25, 0.3) is 0 Å². The lowest BCUT2D eigenvalue weighted by molar-refractivity contribution is -0.131. The van der Waals surface area contributed by atoms with E-state index in [2.05, 4.69) is 20.0 Å². The first-order valence-electron chi connectivity index (χ1n) is 8.13. The molecule has 2 aromatic heterocycles. The summed E-state index contributed by atoms with van der Waals surface area (Å²) in [6.07, 6.45) is 6.71. The molecule has 1 saturated heterocycles. The fraction of sp³-hybridized carbons (Fsp3) is 0.500. The zero-order chi connectivity index (χ0) is 16.8. The van der Waals surface area contributed by atoms with Gasteiger partial charge in [-0.3, -0.25) is 9.48 Å². The van der Waals surface area contributed by atoms with E-state index in [9.17, 15) is 4.79 Å². The molecule has 0 aromatic carbocycles. The molecule has 0 unspecified atom stereocenters. The van der Waals surface area contributed by atoms with E-state index in [1.165, 1.54) is 0 Å². The number of amides is 1. The molecular weight excluding hydrogens is 308 g/mol. The maximum atomic E-state index is 12.3. The van der Waals surface area contributed by atoms with E-state index in [4.69, 9.17) is 4.74 Å². The van der Waals surface area contributed by atoms with E-state index >= 15 is 0 Å². The monoisotopic (exact) mass is 330 g/mol. The molecule has 3 heterocycles. The van der Waals surface area contributed by atoms with E-state index in [0.717, 1.165) is 26.1 Å². The first-order chi connectivity index (χ1) is 11.8. The lowest BCUT2D eigenvalue weighted by atomic mass is 10.2. The van der Waals surface area contributed by atoms with Crippen molar-refractivity contribution < 1.29 is 9.53 Å². The number of carbonyl (C=O) groups excluding carboxylic acids is 1. The molecule has 0 N–H and O–H groups in total. The number of aromatic nitrogens is 4. The lowest BCUT2D eigenvalue weighted by Crippen LogP contribution is -2.49. The summed E-state index contributed by atoms with van der Waals surface area (Å²) in [6.45, 7) is 3.63. The van der Waals surface area contributed by atoms with Crippen molar-refractivity contribution in [2.75, 3.05) is 38.2 Å². The quantitative estimate of drug-likeness (QED) is 0.780. The molecule has 1 aliphatic heterocycles. The first kappa shape index (κ1) is 16.2. The number of nitrogens with zero attached hydrogens (tertiary/aromatic N) is 6. The van der Waals surface area contributed by atoms with Crippen molar-refractivity contribution in [3.05, 3.63) is 30.7 Å². The highest BCUT2D eigenvalue weighted by Crippen LogP contribution is 2.15. The van der Waals surface area contributed by atoms with Crippen LogP contribution in [0, 0.1) is 0 Å². The fourth-order valence-electron chi connectivity index (χ4n) is 2.74. The molecule has 1 amide bonds. The number of piperazine rings is 1. The van der Waals surface area contributed by atoms with Crippen LogP contribution in [0.3, 0.4) is 0 Å². The Morgan fingerprint density at radius 1 is 1.25 bits per heavy atom. The summed E-state index contributed by atoms with van der Waals surface area (Å²) in [5.41, 5.74) is 0. The molecule has 0 saturated carbocycles. The number of hydrogen-bond donors (Lipinski definition) is 0. The molecule has 1 fully saturated rings. The maximum absolute atomic E-state index is 12.3. The third-order valence-electron chi connectivity index (χ3n) is 4.08. The maximum Gasteiger partial charge on any atom is 0.228 e. The number of rotatable bonds is 6. The Morgan fingerprint density at radius 3 is 2.79 bits per heavy atom. The highest BCUT2D eigenvalue weighted by Gasteiger charge is 2.22. The Morgan fingerprint density at radius 2 is 2.08 bits per heavy atom. The molecule has 8 heteroatoms. The summed E-state index contributed by atoms with van der Waals surface area (Å²) in [5, 5.41) is 4.14. The number of aryl methyl sites for hydroxylation is 1. The summed E-state index contributed by atoms with van der Waals surface area (Å²) in [7, 11) is 1.59. The molecule has 8 nitrogen and oxygen atoms in total. The Bertz CT molecular complexity index is 652. The van der Waals surface area contributed by atoms with Crippen LogP contribution in [-0.4, -0.2) is 63.8 Å². The predicted octanol–water partition coefficient (Wildman–Crippen LogP) is 0.811. The van der Waals surface area contributed by atoms with Gasteiger partial charge in [0.25, 0.3) is 0 Å².